The third kappa shape index (κ3) is 3.04. The van der Waals surface area contributed by atoms with Crippen molar-refractivity contribution in [2.75, 3.05) is 0 Å². The van der Waals surface area contributed by atoms with Crippen LogP contribution in [0.2, 0.25) is 0 Å². The summed E-state index contributed by atoms with van der Waals surface area (Å²) in [6, 6.07) is 12.8. The molecule has 0 aliphatic heterocycles. The smallest absolute Gasteiger partial charge is 0.0656 e. The van der Waals surface area contributed by atoms with Crippen LogP contribution in [-0.2, 0) is 6.42 Å². The minimum atomic E-state index is 0.196. The molecule has 0 spiro atoms. The number of nitrogens with one attached hydrogen (secondary N) is 1. The van der Waals surface area contributed by atoms with Crippen molar-refractivity contribution in [3.63, 3.8) is 0 Å². The fourth-order valence-corrected chi connectivity index (χ4v) is 3.06. The molecule has 1 aromatic heterocycles. The maximum Gasteiger partial charge on any atom is 0.0656 e. The Labute approximate surface area is 113 Å². The van der Waals surface area contributed by atoms with Gasteiger partial charge in [-0.15, -0.1) is 11.3 Å². The summed E-state index contributed by atoms with van der Waals surface area (Å²) < 4.78 is 1.29. The normalized spacial score (nSPS) is 12.6. The summed E-state index contributed by atoms with van der Waals surface area (Å²) in [6.45, 7) is 0. The van der Waals surface area contributed by atoms with Gasteiger partial charge < -0.3 is 0 Å². The van der Waals surface area contributed by atoms with E-state index in [4.69, 9.17) is 5.84 Å². The molecule has 2 rings (SSSR count). The van der Waals surface area contributed by atoms with E-state index in [1.165, 1.54) is 14.0 Å². The summed E-state index contributed by atoms with van der Waals surface area (Å²) in [5.74, 6) is 5.61. The van der Waals surface area contributed by atoms with Crippen LogP contribution < -0.4 is 11.3 Å². The second-order valence-corrected chi connectivity index (χ2v) is 6.40. The first-order valence-corrected chi connectivity index (χ1v) is 6.99. The highest BCUT2D eigenvalue weighted by atomic mass is 127. The zero-order valence-corrected chi connectivity index (χ0v) is 11.7. The van der Waals surface area contributed by atoms with E-state index in [0.717, 1.165) is 6.42 Å². The van der Waals surface area contributed by atoms with Crippen LogP contribution in [0.3, 0.4) is 0 Å². The molecule has 1 unspecified atom stereocenters. The van der Waals surface area contributed by atoms with Crippen LogP contribution in [0, 0.1) is 2.88 Å². The van der Waals surface area contributed by atoms with Gasteiger partial charge in [-0.05, 0) is 51.6 Å². The molecule has 2 nitrogen and oxygen atoms in total. The standard InChI is InChI=1S/C12H13IN2S/c13-12-7-10(8-16-12)11(15-14)6-9-4-2-1-3-5-9/h1-5,7-8,11,15H,6,14H2. The Morgan fingerprint density at radius 3 is 2.62 bits per heavy atom. The number of rotatable bonds is 4. The molecule has 2 aromatic rings. The third-order valence-electron chi connectivity index (χ3n) is 2.47. The lowest BCUT2D eigenvalue weighted by molar-refractivity contribution is 0.553. The lowest BCUT2D eigenvalue weighted by atomic mass is 10.0. The minimum Gasteiger partial charge on any atom is -0.271 e. The first-order chi connectivity index (χ1) is 7.79. The molecule has 0 fully saturated rings. The number of hydrazine groups is 1. The zero-order chi connectivity index (χ0) is 11.4. The first-order valence-electron chi connectivity index (χ1n) is 5.03. The lowest BCUT2D eigenvalue weighted by Gasteiger charge is -2.14. The van der Waals surface area contributed by atoms with Crippen LogP contribution in [0.15, 0.2) is 41.8 Å². The number of hydrogen-bond acceptors (Lipinski definition) is 3. The summed E-state index contributed by atoms with van der Waals surface area (Å²) in [7, 11) is 0. The molecule has 0 saturated carbocycles. The van der Waals surface area contributed by atoms with Crippen LogP contribution in [0.1, 0.15) is 17.2 Å². The van der Waals surface area contributed by atoms with Crippen molar-refractivity contribution >= 4 is 33.9 Å². The first kappa shape index (κ1) is 12.0. The van der Waals surface area contributed by atoms with Crippen LogP contribution in [0.4, 0.5) is 0 Å². The molecule has 4 heteroatoms. The van der Waals surface area contributed by atoms with Gasteiger partial charge in [0.1, 0.15) is 0 Å². The largest absolute Gasteiger partial charge is 0.271 e. The molecule has 3 N–H and O–H groups in total. The van der Waals surface area contributed by atoms with Crippen LogP contribution in [0.5, 0.6) is 0 Å². The Morgan fingerprint density at radius 1 is 1.31 bits per heavy atom. The number of thiophene rings is 1. The Balaban J connectivity index is 2.12. The highest BCUT2D eigenvalue weighted by Crippen LogP contribution is 2.24. The number of halogens is 1. The minimum absolute atomic E-state index is 0.196. The topological polar surface area (TPSA) is 38.0 Å². The molecule has 1 heterocycles. The van der Waals surface area contributed by atoms with Gasteiger partial charge in [0.05, 0.1) is 8.93 Å². The van der Waals surface area contributed by atoms with E-state index in [-0.39, 0.29) is 6.04 Å². The molecule has 1 atom stereocenters. The molecular weight excluding hydrogens is 331 g/mol. The van der Waals surface area contributed by atoms with E-state index in [0.29, 0.717) is 0 Å². The van der Waals surface area contributed by atoms with Crippen molar-refractivity contribution in [3.8, 4) is 0 Å². The fourth-order valence-electron chi connectivity index (χ4n) is 1.63. The van der Waals surface area contributed by atoms with Crippen molar-refractivity contribution in [2.45, 2.75) is 12.5 Å². The Kier molecular flexibility index (Phi) is 4.34. The maximum atomic E-state index is 5.61. The summed E-state index contributed by atoms with van der Waals surface area (Å²) in [6.07, 6.45) is 0.921. The Morgan fingerprint density at radius 2 is 2.06 bits per heavy atom. The van der Waals surface area contributed by atoms with E-state index >= 15 is 0 Å². The highest BCUT2D eigenvalue weighted by Gasteiger charge is 2.11. The van der Waals surface area contributed by atoms with Gasteiger partial charge in [0, 0.05) is 0 Å². The number of hydrogen-bond donors (Lipinski definition) is 2. The third-order valence-corrected chi connectivity index (χ3v) is 4.28. The van der Waals surface area contributed by atoms with E-state index in [1.807, 2.05) is 6.07 Å². The predicted octanol–water partition coefficient (Wildman–Crippen LogP) is 3.10. The monoisotopic (exact) mass is 344 g/mol. The Hall–Kier alpha value is -0.430. The van der Waals surface area contributed by atoms with Gasteiger partial charge in [-0.25, -0.2) is 0 Å². The van der Waals surface area contributed by atoms with Gasteiger partial charge in [-0.2, -0.15) is 0 Å². The van der Waals surface area contributed by atoms with Crippen molar-refractivity contribution in [1.82, 2.24) is 5.43 Å². The summed E-state index contributed by atoms with van der Waals surface area (Å²) >= 11 is 4.08. The van der Waals surface area contributed by atoms with Crippen LogP contribution in [0.25, 0.3) is 0 Å². The molecular formula is C12H13IN2S. The van der Waals surface area contributed by atoms with Crippen molar-refractivity contribution in [1.29, 1.82) is 0 Å². The summed E-state index contributed by atoms with van der Waals surface area (Å²) in [4.78, 5) is 0. The molecule has 0 aliphatic rings. The van der Waals surface area contributed by atoms with E-state index in [1.54, 1.807) is 11.3 Å². The fraction of sp³-hybridized carbons (Fsp3) is 0.167. The van der Waals surface area contributed by atoms with Gasteiger partial charge in [0.15, 0.2) is 0 Å². The lowest BCUT2D eigenvalue weighted by Crippen LogP contribution is -2.29. The van der Waals surface area contributed by atoms with Crippen LogP contribution >= 0.6 is 33.9 Å². The Bertz CT molecular complexity index is 441. The van der Waals surface area contributed by atoms with Crippen molar-refractivity contribution in [3.05, 3.63) is 55.8 Å². The van der Waals surface area contributed by atoms with Crippen molar-refractivity contribution in [2.24, 2.45) is 5.84 Å². The molecule has 0 bridgehead atoms. The molecule has 84 valence electrons. The van der Waals surface area contributed by atoms with Gasteiger partial charge in [-0.1, -0.05) is 30.3 Å². The quantitative estimate of drug-likeness (QED) is 0.508. The highest BCUT2D eigenvalue weighted by molar-refractivity contribution is 14.1. The SMILES string of the molecule is NNC(Cc1ccccc1)c1csc(I)c1. The molecule has 1 aromatic carbocycles. The average Bonchev–Trinajstić information content (AvgIpc) is 2.74. The second-order valence-electron chi connectivity index (χ2n) is 3.59. The van der Waals surface area contributed by atoms with Gasteiger partial charge in [0.2, 0.25) is 0 Å². The van der Waals surface area contributed by atoms with Gasteiger partial charge in [-0.3, -0.25) is 11.3 Å². The van der Waals surface area contributed by atoms with E-state index in [2.05, 4.69) is 63.7 Å². The molecule has 0 radical (unpaired) electrons. The average molecular weight is 344 g/mol. The zero-order valence-electron chi connectivity index (χ0n) is 8.69. The summed E-state index contributed by atoms with van der Waals surface area (Å²) in [5, 5.41) is 2.16. The molecule has 0 aliphatic carbocycles. The van der Waals surface area contributed by atoms with Gasteiger partial charge in [0.25, 0.3) is 0 Å². The molecule has 16 heavy (non-hydrogen) atoms. The second kappa shape index (κ2) is 5.77. The van der Waals surface area contributed by atoms with E-state index in [9.17, 15) is 0 Å². The van der Waals surface area contributed by atoms with Crippen LogP contribution in [-0.4, -0.2) is 0 Å². The number of benzene rings is 1. The number of nitrogens with two attached hydrogens (primary N) is 1. The predicted molar refractivity (Wildman–Crippen MR) is 77.2 cm³/mol. The van der Waals surface area contributed by atoms with Crippen molar-refractivity contribution < 1.29 is 0 Å². The molecule has 0 amide bonds. The van der Waals surface area contributed by atoms with Gasteiger partial charge >= 0.3 is 0 Å². The summed E-state index contributed by atoms with van der Waals surface area (Å²) in [5.41, 5.74) is 5.45. The van der Waals surface area contributed by atoms with E-state index < -0.39 is 0 Å². The molecule has 0 saturated heterocycles. The maximum absolute atomic E-state index is 5.61.